The number of halogens is 1. The summed E-state index contributed by atoms with van der Waals surface area (Å²) in [6, 6.07) is 8.37. The van der Waals surface area contributed by atoms with Crippen LogP contribution in [0.1, 0.15) is 38.3 Å². The standard InChI is InChI=1S/C22H30ClN3O3S2/c1-3-25(4-2)21(18-11-13-30-16-18)14-24-22(27)17-6-5-12-26(15-17)31(28,29)20-9-7-19(23)8-10-20/h7-11,13,16-17,21H,3-6,12,14-15H2,1-2H3,(H,24,27). The van der Waals surface area contributed by atoms with Crippen LogP contribution in [0.5, 0.6) is 0 Å². The number of carbonyl (C=O) groups is 1. The zero-order chi connectivity index (χ0) is 22.4. The lowest BCUT2D eigenvalue weighted by Gasteiger charge is -2.33. The van der Waals surface area contributed by atoms with Gasteiger partial charge in [-0.05, 0) is 72.6 Å². The van der Waals surface area contributed by atoms with Gasteiger partial charge in [0.2, 0.25) is 15.9 Å². The molecule has 2 heterocycles. The monoisotopic (exact) mass is 483 g/mol. The van der Waals surface area contributed by atoms with Crippen molar-refractivity contribution in [3.05, 3.63) is 51.7 Å². The van der Waals surface area contributed by atoms with E-state index in [1.54, 1.807) is 23.5 Å². The van der Waals surface area contributed by atoms with E-state index in [0.717, 1.165) is 13.1 Å². The fourth-order valence-corrected chi connectivity index (χ4v) is 6.42. The first kappa shape index (κ1) is 24.2. The second-order valence-corrected chi connectivity index (χ2v) is 10.8. The molecule has 0 aliphatic carbocycles. The third-order valence-electron chi connectivity index (χ3n) is 5.86. The summed E-state index contributed by atoms with van der Waals surface area (Å²) in [7, 11) is -3.65. The SMILES string of the molecule is CCN(CC)C(CNC(=O)C1CCCN(S(=O)(=O)c2ccc(Cl)cc2)C1)c1ccsc1. The zero-order valence-electron chi connectivity index (χ0n) is 18.0. The number of likely N-dealkylation sites (N-methyl/N-ethyl adjacent to an activating group) is 1. The second-order valence-electron chi connectivity index (χ2n) is 7.69. The van der Waals surface area contributed by atoms with E-state index in [9.17, 15) is 13.2 Å². The first-order valence-electron chi connectivity index (χ1n) is 10.7. The zero-order valence-corrected chi connectivity index (χ0v) is 20.3. The Balaban J connectivity index is 1.65. The van der Waals surface area contributed by atoms with E-state index in [1.807, 2.05) is 5.38 Å². The minimum atomic E-state index is -3.65. The van der Waals surface area contributed by atoms with E-state index >= 15 is 0 Å². The molecule has 6 nitrogen and oxygen atoms in total. The van der Waals surface area contributed by atoms with Crippen LogP contribution in [0.4, 0.5) is 0 Å². The van der Waals surface area contributed by atoms with Crippen LogP contribution in [0.3, 0.4) is 0 Å². The predicted molar refractivity (Wildman–Crippen MR) is 126 cm³/mol. The molecule has 3 rings (SSSR count). The summed E-state index contributed by atoms with van der Waals surface area (Å²) in [6.45, 7) is 7.15. The lowest BCUT2D eigenvalue weighted by molar-refractivity contribution is -0.126. The highest BCUT2D eigenvalue weighted by atomic mass is 35.5. The van der Waals surface area contributed by atoms with E-state index in [4.69, 9.17) is 11.6 Å². The van der Waals surface area contributed by atoms with Gasteiger partial charge in [-0.1, -0.05) is 25.4 Å². The number of carbonyl (C=O) groups excluding carboxylic acids is 1. The maximum absolute atomic E-state index is 13.0. The van der Waals surface area contributed by atoms with E-state index in [2.05, 4.69) is 35.5 Å². The molecule has 0 bridgehead atoms. The highest BCUT2D eigenvalue weighted by Crippen LogP contribution is 2.26. The molecule has 9 heteroatoms. The maximum Gasteiger partial charge on any atom is 0.243 e. The summed E-state index contributed by atoms with van der Waals surface area (Å²) >= 11 is 7.54. The molecule has 1 aliphatic rings. The Morgan fingerprint density at radius 2 is 1.97 bits per heavy atom. The molecule has 1 aromatic carbocycles. The molecular weight excluding hydrogens is 454 g/mol. The molecular formula is C22H30ClN3O3S2. The van der Waals surface area contributed by atoms with Gasteiger partial charge in [-0.25, -0.2) is 8.42 Å². The van der Waals surface area contributed by atoms with E-state index in [0.29, 0.717) is 31.0 Å². The Kier molecular flexibility index (Phi) is 8.52. The normalized spacial score (nSPS) is 18.8. The summed E-state index contributed by atoms with van der Waals surface area (Å²) in [6.07, 6.45) is 1.35. The van der Waals surface area contributed by atoms with Gasteiger partial charge in [0.25, 0.3) is 0 Å². The summed E-state index contributed by atoms with van der Waals surface area (Å²) in [5, 5.41) is 7.75. The van der Waals surface area contributed by atoms with Gasteiger partial charge >= 0.3 is 0 Å². The summed E-state index contributed by atoms with van der Waals surface area (Å²) < 4.78 is 27.4. The Morgan fingerprint density at radius 3 is 2.58 bits per heavy atom. The molecule has 31 heavy (non-hydrogen) atoms. The van der Waals surface area contributed by atoms with Crippen LogP contribution < -0.4 is 5.32 Å². The van der Waals surface area contributed by atoms with Crippen molar-refractivity contribution in [1.82, 2.24) is 14.5 Å². The number of hydrogen-bond acceptors (Lipinski definition) is 5. The topological polar surface area (TPSA) is 69.7 Å². The fourth-order valence-electron chi connectivity index (χ4n) is 4.06. The van der Waals surface area contributed by atoms with Gasteiger partial charge in [-0.2, -0.15) is 15.6 Å². The highest BCUT2D eigenvalue weighted by molar-refractivity contribution is 7.89. The van der Waals surface area contributed by atoms with Gasteiger partial charge in [0.15, 0.2) is 0 Å². The number of piperidine rings is 1. The largest absolute Gasteiger partial charge is 0.354 e. The highest BCUT2D eigenvalue weighted by Gasteiger charge is 2.33. The van der Waals surface area contributed by atoms with Crippen LogP contribution in [-0.2, 0) is 14.8 Å². The molecule has 1 amide bonds. The molecule has 2 atom stereocenters. The lowest BCUT2D eigenvalue weighted by Crippen LogP contribution is -2.47. The van der Waals surface area contributed by atoms with Crippen LogP contribution in [0.15, 0.2) is 46.0 Å². The number of thiophene rings is 1. The Morgan fingerprint density at radius 1 is 1.26 bits per heavy atom. The van der Waals surface area contributed by atoms with Crippen LogP contribution >= 0.6 is 22.9 Å². The molecule has 1 aromatic heterocycles. The molecule has 0 radical (unpaired) electrons. The van der Waals surface area contributed by atoms with E-state index < -0.39 is 10.0 Å². The molecule has 170 valence electrons. The van der Waals surface area contributed by atoms with E-state index in [-0.39, 0.29) is 29.3 Å². The second kappa shape index (κ2) is 10.9. The van der Waals surface area contributed by atoms with Crippen LogP contribution in [-0.4, -0.2) is 56.3 Å². The fraction of sp³-hybridized carbons (Fsp3) is 0.500. The third kappa shape index (κ3) is 5.87. The minimum absolute atomic E-state index is 0.0802. The molecule has 1 saturated heterocycles. The van der Waals surface area contributed by atoms with Crippen LogP contribution in [0.2, 0.25) is 5.02 Å². The Hall–Kier alpha value is -1.45. The van der Waals surface area contributed by atoms with Crippen LogP contribution in [0, 0.1) is 5.92 Å². The molecule has 0 saturated carbocycles. The average molecular weight is 484 g/mol. The number of amides is 1. The summed E-state index contributed by atoms with van der Waals surface area (Å²) in [5.74, 6) is -0.431. The van der Waals surface area contributed by atoms with Crippen molar-refractivity contribution >= 4 is 38.9 Å². The van der Waals surface area contributed by atoms with Crippen molar-refractivity contribution in [2.75, 3.05) is 32.7 Å². The Bertz CT molecular complexity index is 945. The van der Waals surface area contributed by atoms with Crippen molar-refractivity contribution in [2.45, 2.75) is 37.6 Å². The predicted octanol–water partition coefficient (Wildman–Crippen LogP) is 4.00. The van der Waals surface area contributed by atoms with Gasteiger partial charge in [-0.15, -0.1) is 0 Å². The van der Waals surface area contributed by atoms with Gasteiger partial charge in [0, 0.05) is 24.7 Å². The molecule has 1 N–H and O–H groups in total. The smallest absolute Gasteiger partial charge is 0.243 e. The molecule has 1 aliphatic heterocycles. The lowest BCUT2D eigenvalue weighted by atomic mass is 9.98. The van der Waals surface area contributed by atoms with Crippen molar-refractivity contribution in [3.8, 4) is 0 Å². The minimum Gasteiger partial charge on any atom is -0.354 e. The molecule has 1 fully saturated rings. The van der Waals surface area contributed by atoms with Gasteiger partial charge < -0.3 is 5.32 Å². The summed E-state index contributed by atoms with van der Waals surface area (Å²) in [5.41, 5.74) is 1.20. The van der Waals surface area contributed by atoms with Crippen molar-refractivity contribution in [2.24, 2.45) is 5.92 Å². The quantitative estimate of drug-likeness (QED) is 0.585. The number of hydrogen-bond donors (Lipinski definition) is 1. The number of nitrogens with one attached hydrogen (secondary N) is 1. The summed E-state index contributed by atoms with van der Waals surface area (Å²) in [4.78, 5) is 15.5. The maximum atomic E-state index is 13.0. The van der Waals surface area contributed by atoms with Gasteiger partial charge in [0.05, 0.1) is 16.9 Å². The van der Waals surface area contributed by atoms with Crippen molar-refractivity contribution in [1.29, 1.82) is 0 Å². The molecule has 2 unspecified atom stereocenters. The van der Waals surface area contributed by atoms with Gasteiger partial charge in [0.1, 0.15) is 0 Å². The van der Waals surface area contributed by atoms with Gasteiger partial charge in [-0.3, -0.25) is 9.69 Å². The number of sulfonamides is 1. The first-order valence-corrected chi connectivity index (χ1v) is 13.4. The van der Waals surface area contributed by atoms with Crippen molar-refractivity contribution < 1.29 is 13.2 Å². The first-order chi connectivity index (χ1) is 14.9. The van der Waals surface area contributed by atoms with E-state index in [1.165, 1.54) is 22.0 Å². The molecule has 0 spiro atoms. The number of benzene rings is 1. The number of rotatable bonds is 9. The third-order valence-corrected chi connectivity index (χ3v) is 8.69. The average Bonchev–Trinajstić information content (AvgIpc) is 3.31. The van der Waals surface area contributed by atoms with Crippen molar-refractivity contribution in [3.63, 3.8) is 0 Å². The number of nitrogens with zero attached hydrogens (tertiary/aromatic N) is 2. The van der Waals surface area contributed by atoms with Crippen LogP contribution in [0.25, 0.3) is 0 Å². The Labute approximate surface area is 194 Å². The molecule has 2 aromatic rings.